The Labute approximate surface area is 112 Å². The van der Waals surface area contributed by atoms with Gasteiger partial charge in [0.15, 0.2) is 0 Å². The van der Waals surface area contributed by atoms with Crippen LogP contribution in [0, 0.1) is 5.41 Å². The standard InChI is InChI=1S/C13H28O4Si/c1-6-8-16-9-7-12(13(2)10-17-11-13)18(5,14-3)15-4/h12H,6-11H2,1-5H3. The summed E-state index contributed by atoms with van der Waals surface area (Å²) in [6.07, 6.45) is 2.05. The Kier molecular flexibility index (Phi) is 6.27. The molecule has 1 unspecified atom stereocenters. The van der Waals surface area contributed by atoms with E-state index in [2.05, 4.69) is 20.4 Å². The second kappa shape index (κ2) is 7.00. The molecule has 0 radical (unpaired) electrons. The first-order valence-corrected chi connectivity index (χ1v) is 9.17. The molecule has 1 rings (SSSR count). The van der Waals surface area contributed by atoms with Crippen LogP contribution < -0.4 is 0 Å². The van der Waals surface area contributed by atoms with E-state index in [0.717, 1.165) is 39.3 Å². The van der Waals surface area contributed by atoms with Crippen LogP contribution in [0.3, 0.4) is 0 Å². The molecule has 0 aliphatic carbocycles. The van der Waals surface area contributed by atoms with Gasteiger partial charge in [-0.25, -0.2) is 0 Å². The molecule has 0 spiro atoms. The Morgan fingerprint density at radius 2 is 1.83 bits per heavy atom. The molecule has 1 fully saturated rings. The molecular formula is C13H28O4Si. The van der Waals surface area contributed by atoms with E-state index < -0.39 is 8.56 Å². The molecule has 1 heterocycles. The maximum Gasteiger partial charge on any atom is 0.338 e. The summed E-state index contributed by atoms with van der Waals surface area (Å²) in [6.45, 7) is 9.76. The molecule has 0 bridgehead atoms. The fraction of sp³-hybridized carbons (Fsp3) is 1.00. The first-order chi connectivity index (χ1) is 8.52. The zero-order chi connectivity index (χ0) is 13.6. The summed E-state index contributed by atoms with van der Waals surface area (Å²) in [5.74, 6) is 0. The SMILES string of the molecule is CCCOCCC(C1(C)COC1)[Si](C)(OC)OC. The van der Waals surface area contributed by atoms with Crippen LogP contribution in [0.1, 0.15) is 26.7 Å². The van der Waals surface area contributed by atoms with Gasteiger partial charge >= 0.3 is 8.56 Å². The zero-order valence-corrected chi connectivity index (χ0v) is 13.5. The minimum Gasteiger partial charge on any atom is -0.398 e. The molecule has 4 nitrogen and oxygen atoms in total. The second-order valence-electron chi connectivity index (χ2n) is 5.52. The van der Waals surface area contributed by atoms with Crippen LogP contribution in [-0.4, -0.2) is 49.2 Å². The van der Waals surface area contributed by atoms with E-state index in [-0.39, 0.29) is 5.41 Å². The molecule has 1 atom stereocenters. The summed E-state index contributed by atoms with van der Waals surface area (Å²) >= 11 is 0. The Morgan fingerprint density at radius 1 is 1.22 bits per heavy atom. The lowest BCUT2D eigenvalue weighted by molar-refractivity contribution is -0.114. The molecule has 0 aromatic heterocycles. The predicted octanol–water partition coefficient (Wildman–Crippen LogP) is 2.57. The molecular weight excluding hydrogens is 248 g/mol. The van der Waals surface area contributed by atoms with E-state index in [1.54, 1.807) is 14.2 Å². The summed E-state index contributed by atoms with van der Waals surface area (Å²) in [4.78, 5) is 0. The maximum atomic E-state index is 5.73. The van der Waals surface area contributed by atoms with Gasteiger partial charge in [-0.3, -0.25) is 0 Å². The van der Waals surface area contributed by atoms with Gasteiger partial charge in [0.2, 0.25) is 0 Å². The van der Waals surface area contributed by atoms with Crippen LogP contribution in [0.15, 0.2) is 0 Å². The molecule has 18 heavy (non-hydrogen) atoms. The van der Waals surface area contributed by atoms with Crippen molar-refractivity contribution in [3.05, 3.63) is 0 Å². The number of hydrogen-bond acceptors (Lipinski definition) is 4. The van der Waals surface area contributed by atoms with Crippen molar-refractivity contribution in [2.75, 3.05) is 40.6 Å². The van der Waals surface area contributed by atoms with Crippen LogP contribution in [0.5, 0.6) is 0 Å². The topological polar surface area (TPSA) is 36.9 Å². The zero-order valence-electron chi connectivity index (χ0n) is 12.5. The lowest BCUT2D eigenvalue weighted by atomic mass is 9.83. The van der Waals surface area contributed by atoms with Crippen molar-refractivity contribution < 1.29 is 18.3 Å². The first-order valence-electron chi connectivity index (χ1n) is 6.78. The van der Waals surface area contributed by atoms with Gasteiger partial charge in [0.05, 0.1) is 13.2 Å². The third-order valence-electron chi connectivity index (χ3n) is 4.05. The molecule has 1 aliphatic rings. The fourth-order valence-electron chi connectivity index (χ4n) is 2.68. The summed E-state index contributed by atoms with van der Waals surface area (Å²) < 4.78 is 22.5. The lowest BCUT2D eigenvalue weighted by Crippen LogP contribution is -2.55. The molecule has 0 saturated carbocycles. The van der Waals surface area contributed by atoms with Crippen molar-refractivity contribution in [2.45, 2.75) is 38.8 Å². The highest BCUT2D eigenvalue weighted by molar-refractivity contribution is 6.67. The maximum absolute atomic E-state index is 5.73. The van der Waals surface area contributed by atoms with Crippen LogP contribution in [0.4, 0.5) is 0 Å². The van der Waals surface area contributed by atoms with Crippen LogP contribution in [0.2, 0.25) is 12.1 Å². The second-order valence-corrected chi connectivity index (χ2v) is 9.07. The van der Waals surface area contributed by atoms with E-state index >= 15 is 0 Å². The summed E-state index contributed by atoms with van der Waals surface area (Å²) in [5.41, 5.74) is 0.591. The molecule has 0 aromatic rings. The summed E-state index contributed by atoms with van der Waals surface area (Å²) in [6, 6.07) is 0. The molecule has 5 heteroatoms. The van der Waals surface area contributed by atoms with Crippen molar-refractivity contribution in [3.8, 4) is 0 Å². The van der Waals surface area contributed by atoms with Gasteiger partial charge in [0.1, 0.15) is 0 Å². The van der Waals surface area contributed by atoms with Crippen LogP contribution >= 0.6 is 0 Å². The van der Waals surface area contributed by atoms with Gasteiger partial charge in [0, 0.05) is 38.4 Å². The average Bonchev–Trinajstić information content (AvgIpc) is 2.35. The van der Waals surface area contributed by atoms with E-state index in [4.69, 9.17) is 18.3 Å². The lowest BCUT2D eigenvalue weighted by Gasteiger charge is -2.49. The molecule has 1 saturated heterocycles. The quantitative estimate of drug-likeness (QED) is 0.479. The first kappa shape index (κ1) is 16.1. The largest absolute Gasteiger partial charge is 0.398 e. The van der Waals surface area contributed by atoms with E-state index in [9.17, 15) is 0 Å². The van der Waals surface area contributed by atoms with Crippen LogP contribution in [0.25, 0.3) is 0 Å². The van der Waals surface area contributed by atoms with Crippen molar-refractivity contribution >= 4 is 8.56 Å². The third-order valence-corrected chi connectivity index (χ3v) is 7.92. The minimum absolute atomic E-state index is 0.183. The molecule has 1 aliphatic heterocycles. The number of ether oxygens (including phenoxy) is 2. The van der Waals surface area contributed by atoms with Crippen molar-refractivity contribution in [1.29, 1.82) is 0 Å². The molecule has 108 valence electrons. The van der Waals surface area contributed by atoms with Crippen molar-refractivity contribution in [3.63, 3.8) is 0 Å². The monoisotopic (exact) mass is 276 g/mol. The molecule has 0 N–H and O–H groups in total. The molecule has 0 amide bonds. The number of rotatable bonds is 9. The van der Waals surface area contributed by atoms with Crippen LogP contribution in [-0.2, 0) is 18.3 Å². The Bertz CT molecular complexity index is 239. The van der Waals surface area contributed by atoms with Gasteiger partial charge in [0.25, 0.3) is 0 Å². The van der Waals surface area contributed by atoms with E-state index in [1.165, 1.54) is 0 Å². The highest BCUT2D eigenvalue weighted by Gasteiger charge is 2.53. The van der Waals surface area contributed by atoms with Gasteiger partial charge in [-0.05, 0) is 19.4 Å². The number of hydrogen-bond donors (Lipinski definition) is 0. The summed E-state index contributed by atoms with van der Waals surface area (Å²) in [7, 11) is 1.37. The van der Waals surface area contributed by atoms with Gasteiger partial charge in [-0.1, -0.05) is 13.8 Å². The Balaban J connectivity index is 2.63. The highest BCUT2D eigenvalue weighted by Crippen LogP contribution is 2.47. The summed E-state index contributed by atoms with van der Waals surface area (Å²) in [5, 5.41) is 0. The molecule has 0 aromatic carbocycles. The highest BCUT2D eigenvalue weighted by atomic mass is 28.4. The smallest absolute Gasteiger partial charge is 0.338 e. The van der Waals surface area contributed by atoms with Gasteiger partial charge in [-0.15, -0.1) is 0 Å². The van der Waals surface area contributed by atoms with E-state index in [0.29, 0.717) is 5.54 Å². The fourth-order valence-corrected chi connectivity index (χ4v) is 5.49. The third kappa shape index (κ3) is 3.54. The van der Waals surface area contributed by atoms with Crippen molar-refractivity contribution in [1.82, 2.24) is 0 Å². The van der Waals surface area contributed by atoms with Gasteiger partial charge < -0.3 is 18.3 Å². The average molecular weight is 276 g/mol. The Hall–Kier alpha value is 0.0569. The Morgan fingerprint density at radius 3 is 2.22 bits per heavy atom. The normalized spacial score (nSPS) is 20.5. The van der Waals surface area contributed by atoms with E-state index in [1.807, 2.05) is 0 Å². The predicted molar refractivity (Wildman–Crippen MR) is 74.0 cm³/mol. The minimum atomic E-state index is -2.15. The van der Waals surface area contributed by atoms with Crippen molar-refractivity contribution in [2.24, 2.45) is 5.41 Å². The van der Waals surface area contributed by atoms with Gasteiger partial charge in [-0.2, -0.15) is 0 Å².